The van der Waals surface area contributed by atoms with E-state index in [1.165, 1.54) is 5.56 Å². The molecule has 0 amide bonds. The second kappa shape index (κ2) is 6.92. The number of nitrogens with one attached hydrogen (secondary N) is 1. The van der Waals surface area contributed by atoms with Crippen LogP contribution in [0, 0.1) is 13.8 Å². The first-order valence-electron chi connectivity index (χ1n) is 6.99. The van der Waals surface area contributed by atoms with Gasteiger partial charge in [0.15, 0.2) is 0 Å². The molecule has 108 valence electrons. The third-order valence-corrected chi connectivity index (χ3v) is 3.22. The van der Waals surface area contributed by atoms with Crippen LogP contribution in [-0.4, -0.2) is 23.4 Å². The Hall–Kier alpha value is -1.06. The number of hydrogen-bond acceptors (Lipinski definition) is 3. The molecule has 19 heavy (non-hydrogen) atoms. The Morgan fingerprint density at radius 2 is 1.63 bits per heavy atom. The van der Waals surface area contributed by atoms with E-state index >= 15 is 0 Å². The van der Waals surface area contributed by atoms with E-state index < -0.39 is 6.10 Å². The van der Waals surface area contributed by atoms with Gasteiger partial charge in [-0.25, -0.2) is 0 Å². The van der Waals surface area contributed by atoms with Crippen molar-refractivity contribution < 1.29 is 9.84 Å². The molecule has 1 aromatic rings. The Bertz CT molecular complexity index is 390. The number of rotatable bonds is 6. The van der Waals surface area contributed by atoms with Crippen molar-refractivity contribution in [3.05, 3.63) is 28.8 Å². The summed E-state index contributed by atoms with van der Waals surface area (Å²) in [6.07, 6.45) is -0.668. The smallest absolute Gasteiger partial charge is 0.125 e. The zero-order valence-electron chi connectivity index (χ0n) is 12.9. The van der Waals surface area contributed by atoms with Gasteiger partial charge in [0, 0.05) is 12.6 Å². The summed E-state index contributed by atoms with van der Waals surface area (Å²) in [5.74, 6) is 0.890. The maximum atomic E-state index is 9.53. The van der Waals surface area contributed by atoms with Gasteiger partial charge in [-0.15, -0.1) is 0 Å². The number of hydrogen-bond donors (Lipinski definition) is 2. The van der Waals surface area contributed by atoms with Crippen LogP contribution in [-0.2, 0) is 6.54 Å². The van der Waals surface area contributed by atoms with Gasteiger partial charge in [-0.05, 0) is 44.4 Å². The van der Waals surface area contributed by atoms with E-state index in [2.05, 4.69) is 45.1 Å². The van der Waals surface area contributed by atoms with Crippen molar-refractivity contribution in [3.8, 4) is 5.75 Å². The molecular weight excluding hydrogens is 238 g/mol. The van der Waals surface area contributed by atoms with E-state index in [9.17, 15) is 5.11 Å². The lowest BCUT2D eigenvalue weighted by Crippen LogP contribution is -2.26. The van der Waals surface area contributed by atoms with E-state index in [4.69, 9.17) is 4.74 Å². The molecule has 0 saturated heterocycles. The van der Waals surface area contributed by atoms with Crippen LogP contribution in [0.5, 0.6) is 5.75 Å². The van der Waals surface area contributed by atoms with Crippen molar-refractivity contribution >= 4 is 0 Å². The number of benzene rings is 1. The molecular formula is C16H27NO2. The van der Waals surface area contributed by atoms with Crippen LogP contribution in [0.1, 0.15) is 44.4 Å². The Labute approximate surface area is 117 Å². The third kappa shape index (κ3) is 4.84. The van der Waals surface area contributed by atoms with Crippen molar-refractivity contribution in [2.24, 2.45) is 0 Å². The first kappa shape index (κ1) is 16.0. The maximum Gasteiger partial charge on any atom is 0.125 e. The summed E-state index contributed by atoms with van der Waals surface area (Å²) in [7, 11) is 0. The summed E-state index contributed by atoms with van der Waals surface area (Å²) in [6.45, 7) is 12.9. The fourth-order valence-corrected chi connectivity index (χ4v) is 1.93. The molecule has 0 heterocycles. The predicted octanol–water partition coefficient (Wildman–Crippen LogP) is 2.95. The lowest BCUT2D eigenvalue weighted by molar-refractivity contribution is 0.0595. The van der Waals surface area contributed by atoms with Crippen LogP contribution < -0.4 is 10.1 Å². The summed E-state index contributed by atoms with van der Waals surface area (Å²) in [6, 6.07) is 4.77. The fourth-order valence-electron chi connectivity index (χ4n) is 1.93. The summed E-state index contributed by atoms with van der Waals surface area (Å²) in [5.41, 5.74) is 3.50. The number of ether oxygens (including phenoxy) is 1. The minimum Gasteiger partial charge on any atom is -0.487 e. The summed E-state index contributed by atoms with van der Waals surface area (Å²) < 4.78 is 5.85. The van der Waals surface area contributed by atoms with Crippen molar-refractivity contribution in [1.29, 1.82) is 0 Å². The molecule has 0 spiro atoms. The summed E-state index contributed by atoms with van der Waals surface area (Å²) >= 11 is 0. The van der Waals surface area contributed by atoms with Crippen molar-refractivity contribution in [1.82, 2.24) is 5.32 Å². The van der Waals surface area contributed by atoms with Gasteiger partial charge in [0.05, 0.1) is 6.10 Å². The largest absolute Gasteiger partial charge is 0.487 e. The highest BCUT2D eigenvalue weighted by Gasteiger charge is 2.14. The van der Waals surface area contributed by atoms with Crippen molar-refractivity contribution in [3.63, 3.8) is 0 Å². The minimum absolute atomic E-state index is 0.197. The van der Waals surface area contributed by atoms with Crippen molar-refractivity contribution in [2.45, 2.75) is 66.3 Å². The van der Waals surface area contributed by atoms with Crippen LogP contribution in [0.4, 0.5) is 0 Å². The fraction of sp³-hybridized carbons (Fsp3) is 0.625. The van der Waals surface area contributed by atoms with E-state index in [0.29, 0.717) is 6.04 Å². The number of aliphatic hydroxyl groups is 1. The molecule has 2 N–H and O–H groups in total. The SMILES string of the molecule is Cc1cc(CNC(C)C)cc(C)c1OC(C)C(C)O. The molecule has 1 rings (SSSR count). The molecule has 0 aliphatic rings. The first-order chi connectivity index (χ1) is 8.81. The predicted molar refractivity (Wildman–Crippen MR) is 79.7 cm³/mol. The Morgan fingerprint density at radius 1 is 1.11 bits per heavy atom. The normalized spacial score (nSPS) is 14.5. The monoisotopic (exact) mass is 265 g/mol. The average molecular weight is 265 g/mol. The highest BCUT2D eigenvalue weighted by atomic mass is 16.5. The molecule has 3 nitrogen and oxygen atoms in total. The molecule has 0 aromatic heterocycles. The zero-order chi connectivity index (χ0) is 14.6. The quantitative estimate of drug-likeness (QED) is 0.831. The maximum absolute atomic E-state index is 9.53. The Morgan fingerprint density at radius 3 is 2.05 bits per heavy atom. The van der Waals surface area contributed by atoms with Gasteiger partial charge in [0.1, 0.15) is 11.9 Å². The van der Waals surface area contributed by atoms with E-state index in [0.717, 1.165) is 23.4 Å². The second-order valence-electron chi connectivity index (χ2n) is 5.66. The van der Waals surface area contributed by atoms with E-state index in [-0.39, 0.29) is 6.10 Å². The lowest BCUT2D eigenvalue weighted by Gasteiger charge is -2.21. The molecule has 1 aromatic carbocycles. The Balaban J connectivity index is 2.85. The van der Waals surface area contributed by atoms with Gasteiger partial charge in [-0.1, -0.05) is 26.0 Å². The highest BCUT2D eigenvalue weighted by molar-refractivity contribution is 5.43. The molecule has 0 aliphatic heterocycles. The summed E-state index contributed by atoms with van der Waals surface area (Å²) in [4.78, 5) is 0. The first-order valence-corrected chi connectivity index (χ1v) is 6.99. The Kier molecular flexibility index (Phi) is 5.83. The summed E-state index contributed by atoms with van der Waals surface area (Å²) in [5, 5.41) is 12.9. The van der Waals surface area contributed by atoms with Crippen LogP contribution in [0.3, 0.4) is 0 Å². The van der Waals surface area contributed by atoms with Gasteiger partial charge in [0.2, 0.25) is 0 Å². The van der Waals surface area contributed by atoms with Gasteiger partial charge in [0.25, 0.3) is 0 Å². The topological polar surface area (TPSA) is 41.5 Å². The molecule has 0 aliphatic carbocycles. The van der Waals surface area contributed by atoms with Crippen LogP contribution >= 0.6 is 0 Å². The van der Waals surface area contributed by atoms with Crippen LogP contribution in [0.25, 0.3) is 0 Å². The number of aliphatic hydroxyl groups excluding tert-OH is 1. The second-order valence-corrected chi connectivity index (χ2v) is 5.66. The molecule has 0 bridgehead atoms. The van der Waals surface area contributed by atoms with E-state index in [1.54, 1.807) is 6.92 Å². The van der Waals surface area contributed by atoms with Crippen LogP contribution in [0.2, 0.25) is 0 Å². The zero-order valence-corrected chi connectivity index (χ0v) is 12.9. The average Bonchev–Trinajstić information content (AvgIpc) is 2.30. The molecule has 0 radical (unpaired) electrons. The highest BCUT2D eigenvalue weighted by Crippen LogP contribution is 2.26. The van der Waals surface area contributed by atoms with Gasteiger partial charge in [-0.2, -0.15) is 0 Å². The third-order valence-electron chi connectivity index (χ3n) is 3.22. The number of aryl methyl sites for hydroxylation is 2. The van der Waals surface area contributed by atoms with E-state index in [1.807, 2.05) is 6.92 Å². The standard InChI is InChI=1S/C16H27NO2/c1-10(2)17-9-15-7-11(3)16(12(4)8-15)19-14(6)13(5)18/h7-8,10,13-14,17-18H,9H2,1-6H3. The molecule has 0 saturated carbocycles. The lowest BCUT2D eigenvalue weighted by atomic mass is 10.0. The molecule has 3 heteroatoms. The van der Waals surface area contributed by atoms with Gasteiger partial charge in [-0.3, -0.25) is 0 Å². The molecule has 2 atom stereocenters. The van der Waals surface area contributed by atoms with Gasteiger partial charge < -0.3 is 15.2 Å². The molecule has 0 fully saturated rings. The minimum atomic E-state index is -0.471. The van der Waals surface area contributed by atoms with Crippen molar-refractivity contribution in [2.75, 3.05) is 0 Å². The van der Waals surface area contributed by atoms with Gasteiger partial charge >= 0.3 is 0 Å². The molecule has 2 unspecified atom stereocenters. The van der Waals surface area contributed by atoms with Crippen LogP contribution in [0.15, 0.2) is 12.1 Å².